The van der Waals surface area contributed by atoms with Crippen molar-refractivity contribution in [3.63, 3.8) is 0 Å². The number of aliphatic hydroxyl groups excluding tert-OH is 1. The van der Waals surface area contributed by atoms with Gasteiger partial charge in [0, 0.05) is 44.4 Å². The van der Waals surface area contributed by atoms with Gasteiger partial charge in [-0.15, -0.1) is 0 Å². The van der Waals surface area contributed by atoms with Crippen LogP contribution in [0.1, 0.15) is 18.6 Å². The number of methoxy groups -OCH3 is 2. The largest absolute Gasteiger partial charge is 0.496 e. The van der Waals surface area contributed by atoms with E-state index in [1.54, 1.807) is 26.4 Å². The number of hydrogen-bond donors (Lipinski definition) is 2. The van der Waals surface area contributed by atoms with E-state index in [4.69, 9.17) is 21.1 Å². The van der Waals surface area contributed by atoms with Gasteiger partial charge in [0.15, 0.2) is 0 Å². The van der Waals surface area contributed by atoms with Crippen LogP contribution in [0.25, 0.3) is 0 Å². The standard InChI is InChI=1S/C16H25ClN2O3/c1-11(10-19-6-4-18-5-7-19)16(20)12-8-15(22-3)13(17)9-14(12)21-2/h8-9,11,16,18,20H,4-7,10H2,1-3H3. The number of ether oxygens (including phenoxy) is 2. The minimum absolute atomic E-state index is 0.0814. The lowest BCUT2D eigenvalue weighted by Crippen LogP contribution is -2.45. The number of benzene rings is 1. The van der Waals surface area contributed by atoms with Crippen LogP contribution in [-0.4, -0.2) is 56.9 Å². The van der Waals surface area contributed by atoms with Crippen LogP contribution >= 0.6 is 11.6 Å². The van der Waals surface area contributed by atoms with E-state index in [2.05, 4.69) is 10.2 Å². The molecule has 0 amide bonds. The fraction of sp³-hybridized carbons (Fsp3) is 0.625. The maximum atomic E-state index is 10.7. The summed E-state index contributed by atoms with van der Waals surface area (Å²) < 4.78 is 10.6. The van der Waals surface area contributed by atoms with E-state index in [0.29, 0.717) is 22.1 Å². The molecule has 0 aliphatic carbocycles. The molecule has 0 radical (unpaired) electrons. The van der Waals surface area contributed by atoms with E-state index in [-0.39, 0.29) is 5.92 Å². The molecule has 1 aliphatic rings. The Morgan fingerprint density at radius 2 is 1.86 bits per heavy atom. The molecular formula is C16H25ClN2O3. The first-order valence-electron chi connectivity index (χ1n) is 7.59. The number of piperazine rings is 1. The summed E-state index contributed by atoms with van der Waals surface area (Å²) in [4.78, 5) is 2.37. The highest BCUT2D eigenvalue weighted by molar-refractivity contribution is 6.32. The first kappa shape index (κ1) is 17.3. The Kier molecular flexibility index (Phi) is 6.32. The molecule has 6 heteroatoms. The topological polar surface area (TPSA) is 54.0 Å². The summed E-state index contributed by atoms with van der Waals surface area (Å²) in [6.07, 6.45) is -0.629. The summed E-state index contributed by atoms with van der Waals surface area (Å²) in [5.41, 5.74) is 0.714. The highest BCUT2D eigenvalue weighted by atomic mass is 35.5. The Balaban J connectivity index is 2.14. The average molecular weight is 329 g/mol. The molecule has 5 nitrogen and oxygen atoms in total. The van der Waals surface area contributed by atoms with E-state index >= 15 is 0 Å². The van der Waals surface area contributed by atoms with Crippen molar-refractivity contribution in [1.29, 1.82) is 0 Å². The van der Waals surface area contributed by atoms with Crippen molar-refractivity contribution in [2.24, 2.45) is 5.92 Å². The van der Waals surface area contributed by atoms with E-state index < -0.39 is 6.10 Å². The molecule has 2 rings (SSSR count). The Morgan fingerprint density at radius 3 is 2.45 bits per heavy atom. The van der Waals surface area contributed by atoms with Gasteiger partial charge >= 0.3 is 0 Å². The minimum atomic E-state index is -0.629. The van der Waals surface area contributed by atoms with Gasteiger partial charge in [0.1, 0.15) is 11.5 Å². The van der Waals surface area contributed by atoms with Crippen LogP contribution in [-0.2, 0) is 0 Å². The SMILES string of the molecule is COc1cc(C(O)C(C)CN2CCNCC2)c(OC)cc1Cl. The number of nitrogens with zero attached hydrogens (tertiary/aromatic N) is 1. The zero-order chi connectivity index (χ0) is 16.1. The number of halogens is 1. The second-order valence-corrected chi connectivity index (χ2v) is 6.11. The van der Waals surface area contributed by atoms with E-state index in [0.717, 1.165) is 32.7 Å². The summed E-state index contributed by atoms with van der Waals surface area (Å²) in [5.74, 6) is 1.22. The van der Waals surface area contributed by atoms with Crippen molar-refractivity contribution >= 4 is 11.6 Å². The normalized spacial score (nSPS) is 18.8. The van der Waals surface area contributed by atoms with Gasteiger partial charge in [-0.2, -0.15) is 0 Å². The van der Waals surface area contributed by atoms with Gasteiger partial charge < -0.3 is 24.8 Å². The van der Waals surface area contributed by atoms with Crippen molar-refractivity contribution < 1.29 is 14.6 Å². The second-order valence-electron chi connectivity index (χ2n) is 5.70. The summed E-state index contributed by atoms with van der Waals surface area (Å²) in [6.45, 7) is 6.92. The quantitative estimate of drug-likeness (QED) is 0.835. The van der Waals surface area contributed by atoms with Gasteiger partial charge in [0.05, 0.1) is 25.3 Å². The van der Waals surface area contributed by atoms with Crippen LogP contribution in [0.4, 0.5) is 0 Å². The molecule has 0 aromatic heterocycles. The van der Waals surface area contributed by atoms with Gasteiger partial charge in [-0.1, -0.05) is 18.5 Å². The summed E-state index contributed by atoms with van der Waals surface area (Å²) in [6, 6.07) is 3.45. The first-order chi connectivity index (χ1) is 10.6. The monoisotopic (exact) mass is 328 g/mol. The van der Waals surface area contributed by atoms with Crippen molar-refractivity contribution in [3.8, 4) is 11.5 Å². The minimum Gasteiger partial charge on any atom is -0.496 e. The fourth-order valence-electron chi connectivity index (χ4n) is 2.82. The summed E-state index contributed by atoms with van der Waals surface area (Å²) in [5, 5.41) is 14.5. The van der Waals surface area contributed by atoms with E-state index in [1.807, 2.05) is 6.92 Å². The molecule has 1 saturated heterocycles. The van der Waals surface area contributed by atoms with Gasteiger partial charge in [0.2, 0.25) is 0 Å². The van der Waals surface area contributed by atoms with Crippen LogP contribution in [0.5, 0.6) is 11.5 Å². The summed E-state index contributed by atoms with van der Waals surface area (Å²) in [7, 11) is 3.14. The zero-order valence-corrected chi connectivity index (χ0v) is 14.2. The summed E-state index contributed by atoms with van der Waals surface area (Å²) >= 11 is 6.12. The molecule has 1 aromatic rings. The molecule has 0 bridgehead atoms. The Labute approximate surface area is 137 Å². The molecule has 1 heterocycles. The van der Waals surface area contributed by atoms with Crippen molar-refractivity contribution in [2.45, 2.75) is 13.0 Å². The Morgan fingerprint density at radius 1 is 1.23 bits per heavy atom. The molecule has 2 atom stereocenters. The van der Waals surface area contributed by atoms with Crippen molar-refractivity contribution in [3.05, 3.63) is 22.7 Å². The molecule has 2 N–H and O–H groups in total. The van der Waals surface area contributed by atoms with Gasteiger partial charge in [-0.05, 0) is 12.0 Å². The van der Waals surface area contributed by atoms with Crippen LogP contribution in [0.15, 0.2) is 12.1 Å². The molecular weight excluding hydrogens is 304 g/mol. The zero-order valence-electron chi connectivity index (χ0n) is 13.4. The molecule has 124 valence electrons. The number of rotatable bonds is 6. The highest BCUT2D eigenvalue weighted by Crippen LogP contribution is 2.38. The lowest BCUT2D eigenvalue weighted by Gasteiger charge is -2.31. The third-order valence-electron chi connectivity index (χ3n) is 4.12. The van der Waals surface area contributed by atoms with Crippen molar-refractivity contribution in [2.75, 3.05) is 46.9 Å². The van der Waals surface area contributed by atoms with E-state index in [1.165, 1.54) is 0 Å². The second kappa shape index (κ2) is 8.02. The third kappa shape index (κ3) is 4.04. The average Bonchev–Trinajstić information content (AvgIpc) is 2.54. The molecule has 1 aliphatic heterocycles. The van der Waals surface area contributed by atoms with Gasteiger partial charge in [-0.3, -0.25) is 0 Å². The lowest BCUT2D eigenvalue weighted by atomic mass is 9.95. The number of hydrogen-bond acceptors (Lipinski definition) is 5. The predicted octanol–water partition coefficient (Wildman–Crippen LogP) is 1.93. The first-order valence-corrected chi connectivity index (χ1v) is 7.97. The fourth-order valence-corrected chi connectivity index (χ4v) is 3.05. The highest BCUT2D eigenvalue weighted by Gasteiger charge is 2.24. The molecule has 2 unspecified atom stereocenters. The molecule has 0 spiro atoms. The molecule has 1 aromatic carbocycles. The molecule has 0 saturated carbocycles. The van der Waals surface area contributed by atoms with Crippen molar-refractivity contribution in [1.82, 2.24) is 10.2 Å². The number of aliphatic hydroxyl groups is 1. The third-order valence-corrected chi connectivity index (χ3v) is 4.41. The van der Waals surface area contributed by atoms with E-state index in [9.17, 15) is 5.11 Å². The van der Waals surface area contributed by atoms with Crippen LogP contribution in [0.3, 0.4) is 0 Å². The number of nitrogens with one attached hydrogen (secondary N) is 1. The van der Waals surface area contributed by atoms with Crippen LogP contribution < -0.4 is 14.8 Å². The maximum Gasteiger partial charge on any atom is 0.138 e. The Bertz CT molecular complexity index is 493. The van der Waals surface area contributed by atoms with Gasteiger partial charge in [-0.25, -0.2) is 0 Å². The molecule has 22 heavy (non-hydrogen) atoms. The smallest absolute Gasteiger partial charge is 0.138 e. The lowest BCUT2D eigenvalue weighted by molar-refractivity contribution is 0.0820. The predicted molar refractivity (Wildman–Crippen MR) is 88.0 cm³/mol. The van der Waals surface area contributed by atoms with Gasteiger partial charge in [0.25, 0.3) is 0 Å². The van der Waals surface area contributed by atoms with Crippen LogP contribution in [0.2, 0.25) is 5.02 Å². The van der Waals surface area contributed by atoms with Crippen LogP contribution in [0, 0.1) is 5.92 Å². The molecule has 1 fully saturated rings. The maximum absolute atomic E-state index is 10.7. The Hall–Kier alpha value is -1.01.